The van der Waals surface area contributed by atoms with Crippen LogP contribution < -0.4 is 20.9 Å². The lowest BCUT2D eigenvalue weighted by Crippen LogP contribution is -2.54. The maximum Gasteiger partial charge on any atom is 0.263 e. The number of piperazine rings is 1. The zero-order valence-electron chi connectivity index (χ0n) is 30.0. The Morgan fingerprint density at radius 2 is 1.56 bits per heavy atom. The van der Waals surface area contributed by atoms with Crippen LogP contribution in [-0.4, -0.2) is 85.2 Å². The third kappa shape index (κ3) is 6.82. The Balaban J connectivity index is 0.836. The summed E-state index contributed by atoms with van der Waals surface area (Å²) in [6, 6.07) is 21.4. The SMILES string of the molecule is O=C1CCC(N2C(=O)c3cc(CN4CCN(c5ccc(Nc6ncc7nc(Nc8ccccc8)n(C8CCCC8)c7n6)cc5)CC4)cc(Br)c3C2=O)C(=O)N1. The van der Waals surface area contributed by atoms with Gasteiger partial charge in [0.2, 0.25) is 23.7 Å². The van der Waals surface area contributed by atoms with Crippen molar-refractivity contribution in [2.24, 2.45) is 0 Å². The molecular formula is C40H39BrN10O4. The molecule has 1 unspecified atom stereocenters. The summed E-state index contributed by atoms with van der Waals surface area (Å²) in [5, 5.41) is 9.14. The zero-order valence-corrected chi connectivity index (χ0v) is 31.6. The molecule has 14 nitrogen and oxygen atoms in total. The van der Waals surface area contributed by atoms with Gasteiger partial charge in [0.25, 0.3) is 11.8 Å². The second-order valence-corrected chi connectivity index (χ2v) is 15.4. The van der Waals surface area contributed by atoms with Crippen molar-refractivity contribution >= 4 is 79.7 Å². The van der Waals surface area contributed by atoms with E-state index in [1.807, 2.05) is 48.5 Å². The smallest absolute Gasteiger partial charge is 0.263 e. The normalized spacial score (nSPS) is 19.3. The molecule has 0 bridgehead atoms. The molecule has 5 heterocycles. The first kappa shape index (κ1) is 35.1. The van der Waals surface area contributed by atoms with Crippen LogP contribution in [0.1, 0.15) is 70.8 Å². The van der Waals surface area contributed by atoms with E-state index in [0.29, 0.717) is 23.0 Å². The summed E-state index contributed by atoms with van der Waals surface area (Å²) in [5.41, 5.74) is 6.01. The number of carbonyl (C=O) groups excluding carboxylic acids is 4. The zero-order chi connectivity index (χ0) is 37.6. The third-order valence-electron chi connectivity index (χ3n) is 11.0. The van der Waals surface area contributed by atoms with E-state index in [9.17, 15) is 19.2 Å². The summed E-state index contributed by atoms with van der Waals surface area (Å²) in [5.74, 6) is -0.737. The molecule has 5 aromatic rings. The highest BCUT2D eigenvalue weighted by Crippen LogP contribution is 2.37. The van der Waals surface area contributed by atoms with Crippen molar-refractivity contribution in [3.05, 3.63) is 94.1 Å². The molecule has 3 N–H and O–H groups in total. The van der Waals surface area contributed by atoms with E-state index in [1.54, 1.807) is 12.3 Å². The summed E-state index contributed by atoms with van der Waals surface area (Å²) >= 11 is 3.51. The first-order valence-electron chi connectivity index (χ1n) is 18.7. The van der Waals surface area contributed by atoms with Gasteiger partial charge in [0.15, 0.2) is 5.65 Å². The van der Waals surface area contributed by atoms with Gasteiger partial charge in [0.05, 0.1) is 17.3 Å². The fourth-order valence-electron chi connectivity index (χ4n) is 8.20. The Bertz CT molecular complexity index is 2320. The highest BCUT2D eigenvalue weighted by Gasteiger charge is 2.45. The van der Waals surface area contributed by atoms with Gasteiger partial charge in [-0.05, 0) is 89.3 Å². The summed E-state index contributed by atoms with van der Waals surface area (Å²) in [7, 11) is 0. The standard InChI is InChI=1S/C40H39BrN10O4/c41-30-21-24(20-29-34(30)38(55)51(37(29)54)32-14-15-33(52)46-36(32)53)23-48-16-18-49(19-17-48)27-12-10-26(11-13-27)43-39-42-22-31-35(47-39)50(28-8-4-5-9-28)40(45-31)44-25-6-2-1-3-7-25/h1-3,6-7,10-13,20-22,28,32H,4-5,8-9,14-19,23H2,(H,44,45)(H,42,43,47)(H,46,52,53). The molecule has 2 saturated heterocycles. The van der Waals surface area contributed by atoms with Gasteiger partial charge in [-0.3, -0.25) is 38.9 Å². The minimum atomic E-state index is -0.996. The van der Waals surface area contributed by atoms with Crippen molar-refractivity contribution in [1.82, 2.24) is 34.6 Å². The number of aromatic nitrogens is 4. The number of fused-ring (bicyclic) bond motifs is 2. The number of halogens is 1. The number of hydrogen-bond donors (Lipinski definition) is 3. The molecule has 15 heteroatoms. The summed E-state index contributed by atoms with van der Waals surface area (Å²) < 4.78 is 2.77. The van der Waals surface area contributed by atoms with Crippen molar-refractivity contribution in [3.63, 3.8) is 0 Å². The number of benzene rings is 3. The topological polar surface area (TPSA) is 158 Å². The first-order chi connectivity index (χ1) is 26.8. The number of rotatable bonds is 9. The molecule has 2 aromatic heterocycles. The van der Waals surface area contributed by atoms with E-state index in [2.05, 4.69) is 63.4 Å². The Kier molecular flexibility index (Phi) is 9.26. The third-order valence-corrected chi connectivity index (χ3v) is 11.6. The number of imidazole rings is 1. The van der Waals surface area contributed by atoms with Gasteiger partial charge in [0, 0.05) is 66.7 Å². The molecule has 55 heavy (non-hydrogen) atoms. The number of anilines is 5. The van der Waals surface area contributed by atoms with Gasteiger partial charge in [-0.1, -0.05) is 31.0 Å². The number of hydrogen-bond acceptors (Lipinski definition) is 11. The van der Waals surface area contributed by atoms with Gasteiger partial charge in [-0.2, -0.15) is 4.98 Å². The van der Waals surface area contributed by atoms with E-state index < -0.39 is 29.7 Å². The molecule has 0 spiro atoms. The van der Waals surface area contributed by atoms with E-state index in [1.165, 1.54) is 12.8 Å². The van der Waals surface area contributed by atoms with Crippen LogP contribution in [0.4, 0.5) is 29.0 Å². The lowest BCUT2D eigenvalue weighted by molar-refractivity contribution is -0.136. The van der Waals surface area contributed by atoms with E-state index in [-0.39, 0.29) is 24.0 Å². The minimum absolute atomic E-state index is 0.0813. The Morgan fingerprint density at radius 1 is 0.818 bits per heavy atom. The molecule has 0 radical (unpaired) electrons. The highest BCUT2D eigenvalue weighted by molar-refractivity contribution is 9.10. The Hall–Kier alpha value is -5.67. The second-order valence-electron chi connectivity index (χ2n) is 14.5. The first-order valence-corrected chi connectivity index (χ1v) is 19.5. The maximum absolute atomic E-state index is 13.4. The number of nitrogens with zero attached hydrogens (tertiary/aromatic N) is 7. The Labute approximate surface area is 325 Å². The van der Waals surface area contributed by atoms with Crippen LogP contribution in [0.2, 0.25) is 0 Å². The van der Waals surface area contributed by atoms with Crippen molar-refractivity contribution in [2.75, 3.05) is 41.7 Å². The molecule has 9 rings (SSSR count). The summed E-state index contributed by atoms with van der Waals surface area (Å²) in [6.07, 6.45) is 6.57. The van der Waals surface area contributed by atoms with Gasteiger partial charge in [-0.25, -0.2) is 9.97 Å². The fourth-order valence-corrected chi connectivity index (χ4v) is 8.88. The number of piperidine rings is 1. The minimum Gasteiger partial charge on any atom is -0.369 e. The molecule has 1 saturated carbocycles. The average molecular weight is 804 g/mol. The molecule has 280 valence electrons. The van der Waals surface area contributed by atoms with Gasteiger partial charge in [0.1, 0.15) is 11.6 Å². The molecular weight excluding hydrogens is 764 g/mol. The van der Waals surface area contributed by atoms with E-state index in [0.717, 1.165) is 83.7 Å². The molecule has 4 amide bonds. The average Bonchev–Trinajstić information content (AvgIpc) is 3.90. The van der Waals surface area contributed by atoms with E-state index >= 15 is 0 Å². The predicted molar refractivity (Wildman–Crippen MR) is 211 cm³/mol. The van der Waals surface area contributed by atoms with Crippen LogP contribution in [0.5, 0.6) is 0 Å². The quantitative estimate of drug-likeness (QED) is 0.152. The Morgan fingerprint density at radius 3 is 2.31 bits per heavy atom. The molecule has 3 aliphatic heterocycles. The molecule has 3 aromatic carbocycles. The van der Waals surface area contributed by atoms with E-state index in [4.69, 9.17) is 9.97 Å². The molecule has 1 aliphatic carbocycles. The molecule has 1 atom stereocenters. The van der Waals surface area contributed by atoms with Crippen LogP contribution in [0.3, 0.4) is 0 Å². The van der Waals surface area contributed by atoms with Crippen LogP contribution in [-0.2, 0) is 16.1 Å². The number of para-hydroxylation sites is 1. The molecule has 3 fully saturated rings. The van der Waals surface area contributed by atoms with Gasteiger partial charge in [-0.15, -0.1) is 0 Å². The summed E-state index contributed by atoms with van der Waals surface area (Å²) in [6.45, 7) is 3.88. The van der Waals surface area contributed by atoms with Crippen molar-refractivity contribution < 1.29 is 19.2 Å². The monoisotopic (exact) mass is 802 g/mol. The number of imide groups is 2. The lowest BCUT2D eigenvalue weighted by atomic mass is 10.0. The van der Waals surface area contributed by atoms with Gasteiger partial charge < -0.3 is 15.5 Å². The van der Waals surface area contributed by atoms with Crippen LogP contribution in [0.15, 0.2) is 77.4 Å². The van der Waals surface area contributed by atoms with Crippen LogP contribution in [0, 0.1) is 0 Å². The number of carbonyl (C=O) groups is 4. The number of nitrogens with one attached hydrogen (secondary N) is 3. The predicted octanol–water partition coefficient (Wildman–Crippen LogP) is 5.91. The number of amides is 4. The van der Waals surface area contributed by atoms with Gasteiger partial charge >= 0.3 is 0 Å². The molecule has 4 aliphatic rings. The highest BCUT2D eigenvalue weighted by atomic mass is 79.9. The maximum atomic E-state index is 13.4. The van der Waals surface area contributed by atoms with Crippen molar-refractivity contribution in [1.29, 1.82) is 0 Å². The van der Waals surface area contributed by atoms with Crippen LogP contribution >= 0.6 is 15.9 Å². The van der Waals surface area contributed by atoms with Crippen molar-refractivity contribution in [3.8, 4) is 0 Å². The fraction of sp³-hybridized carbons (Fsp3) is 0.325. The van der Waals surface area contributed by atoms with Crippen LogP contribution in [0.25, 0.3) is 11.2 Å². The summed E-state index contributed by atoms with van der Waals surface area (Å²) in [4.78, 5) is 70.9. The van der Waals surface area contributed by atoms with Crippen molar-refractivity contribution in [2.45, 2.75) is 57.2 Å². The second kappa shape index (κ2) is 14.5. The largest absolute Gasteiger partial charge is 0.369 e. The lowest BCUT2D eigenvalue weighted by Gasteiger charge is -2.36.